The number of nitrogens with zero attached hydrogens (tertiary/aromatic N) is 2. The van der Waals surface area contributed by atoms with Gasteiger partial charge >= 0.3 is 0 Å². The van der Waals surface area contributed by atoms with E-state index in [1.807, 2.05) is 30.3 Å². The van der Waals surface area contributed by atoms with Gasteiger partial charge in [-0.15, -0.1) is 0 Å². The normalized spacial score (nSPS) is 11.0. The lowest BCUT2D eigenvalue weighted by molar-refractivity contribution is -0.384. The van der Waals surface area contributed by atoms with Crippen LogP contribution < -0.4 is 4.74 Å². The zero-order chi connectivity index (χ0) is 20.8. The van der Waals surface area contributed by atoms with Crippen LogP contribution in [-0.2, 0) is 6.61 Å². The van der Waals surface area contributed by atoms with Crippen molar-refractivity contribution >= 4 is 40.5 Å². The highest BCUT2D eigenvalue weighted by Gasteiger charge is 2.11. The summed E-state index contributed by atoms with van der Waals surface area (Å²) in [5.74, 6) is 0.307. The van der Waals surface area contributed by atoms with E-state index in [1.165, 1.54) is 12.1 Å². The zero-order valence-electron chi connectivity index (χ0n) is 15.0. The maximum absolute atomic E-state index is 10.7. The molecule has 0 aliphatic heterocycles. The van der Waals surface area contributed by atoms with Gasteiger partial charge in [-0.2, -0.15) is 5.26 Å². The summed E-state index contributed by atoms with van der Waals surface area (Å²) in [7, 11) is 0. The number of nitriles is 1. The molecule has 0 amide bonds. The quantitative estimate of drug-likeness (QED) is 0.194. The van der Waals surface area contributed by atoms with Gasteiger partial charge in [-0.05, 0) is 47.0 Å². The van der Waals surface area contributed by atoms with Crippen molar-refractivity contribution < 1.29 is 9.66 Å². The first kappa shape index (κ1) is 20.4. The Bertz CT molecular complexity index is 1080. The van der Waals surface area contributed by atoms with Crippen molar-refractivity contribution in [2.75, 3.05) is 0 Å². The molecule has 3 rings (SSSR count). The molecule has 0 atom stereocenters. The lowest BCUT2D eigenvalue weighted by Crippen LogP contribution is -1.97. The van der Waals surface area contributed by atoms with Gasteiger partial charge in [0.15, 0.2) is 5.75 Å². The molecule has 0 aromatic heterocycles. The number of benzene rings is 3. The van der Waals surface area contributed by atoms with Crippen LogP contribution in [0.25, 0.3) is 11.6 Å². The summed E-state index contributed by atoms with van der Waals surface area (Å²) in [5.41, 5.74) is 2.69. The summed E-state index contributed by atoms with van der Waals surface area (Å²) in [6.07, 6.45) is 1.70. The minimum atomic E-state index is -0.463. The minimum absolute atomic E-state index is 0.00710. The highest BCUT2D eigenvalue weighted by atomic mass is 35.5. The van der Waals surface area contributed by atoms with Crippen molar-refractivity contribution in [2.24, 2.45) is 0 Å². The number of hydrogen-bond donors (Lipinski definition) is 0. The van der Waals surface area contributed by atoms with Crippen molar-refractivity contribution in [1.82, 2.24) is 0 Å². The van der Waals surface area contributed by atoms with Crippen molar-refractivity contribution in [3.8, 4) is 11.8 Å². The first-order valence-corrected chi connectivity index (χ1v) is 9.26. The Morgan fingerprint density at radius 1 is 1.07 bits per heavy atom. The second kappa shape index (κ2) is 9.24. The Morgan fingerprint density at radius 2 is 1.69 bits per heavy atom. The fraction of sp³-hybridized carbons (Fsp3) is 0.0455. The van der Waals surface area contributed by atoms with Gasteiger partial charge in [-0.25, -0.2) is 0 Å². The van der Waals surface area contributed by atoms with E-state index in [-0.39, 0.29) is 12.3 Å². The van der Waals surface area contributed by atoms with E-state index in [4.69, 9.17) is 27.9 Å². The second-order valence-electron chi connectivity index (χ2n) is 6.06. The molecule has 144 valence electrons. The molecule has 0 N–H and O–H groups in total. The largest absolute Gasteiger partial charge is 0.486 e. The van der Waals surface area contributed by atoms with E-state index in [0.717, 1.165) is 11.1 Å². The Balaban J connectivity index is 1.79. The summed E-state index contributed by atoms with van der Waals surface area (Å²) in [4.78, 5) is 10.3. The summed E-state index contributed by atoms with van der Waals surface area (Å²) in [5, 5.41) is 20.8. The third-order valence-corrected chi connectivity index (χ3v) is 4.63. The number of nitro benzene ring substituents is 1. The lowest BCUT2D eigenvalue weighted by Gasteiger charge is -2.11. The number of halogens is 2. The van der Waals surface area contributed by atoms with Gasteiger partial charge in [0.2, 0.25) is 0 Å². The van der Waals surface area contributed by atoms with Crippen LogP contribution in [0.1, 0.15) is 16.7 Å². The fourth-order valence-electron chi connectivity index (χ4n) is 2.63. The summed E-state index contributed by atoms with van der Waals surface area (Å²) in [6, 6.07) is 20.8. The Labute approximate surface area is 177 Å². The molecule has 0 heterocycles. The third-order valence-electron chi connectivity index (χ3n) is 4.07. The maximum atomic E-state index is 10.7. The van der Waals surface area contributed by atoms with Crippen molar-refractivity contribution in [1.29, 1.82) is 5.26 Å². The Kier molecular flexibility index (Phi) is 6.50. The number of hydrogen-bond acceptors (Lipinski definition) is 4. The van der Waals surface area contributed by atoms with Crippen LogP contribution in [-0.4, -0.2) is 4.92 Å². The molecule has 0 aliphatic rings. The molecule has 3 aromatic carbocycles. The summed E-state index contributed by atoms with van der Waals surface area (Å²) in [6.45, 7) is 0.153. The molecule has 0 radical (unpaired) electrons. The second-order valence-corrected chi connectivity index (χ2v) is 6.88. The van der Waals surface area contributed by atoms with Crippen molar-refractivity contribution in [2.45, 2.75) is 6.61 Å². The van der Waals surface area contributed by atoms with Crippen LogP contribution in [0.2, 0.25) is 10.0 Å². The molecule has 0 aliphatic carbocycles. The van der Waals surface area contributed by atoms with E-state index in [1.54, 1.807) is 30.3 Å². The molecular weight excluding hydrogens is 411 g/mol. The van der Waals surface area contributed by atoms with E-state index < -0.39 is 4.92 Å². The molecular formula is C22H14Cl2N2O3. The van der Waals surface area contributed by atoms with Gasteiger partial charge in [-0.1, -0.05) is 53.5 Å². The fourth-order valence-corrected chi connectivity index (χ4v) is 3.25. The average molecular weight is 425 g/mol. The van der Waals surface area contributed by atoms with Gasteiger partial charge in [0.1, 0.15) is 6.61 Å². The Hall–Kier alpha value is -3.33. The SMILES string of the molecule is N#C/C(=C\c1cc(Cl)c(OCc2ccc([N+](=O)[O-])cc2)c(Cl)c1)c1ccccc1. The third kappa shape index (κ3) is 5.14. The van der Waals surface area contributed by atoms with Gasteiger partial charge < -0.3 is 4.74 Å². The highest BCUT2D eigenvalue weighted by Crippen LogP contribution is 2.36. The number of non-ortho nitro benzene ring substituents is 1. The monoisotopic (exact) mass is 424 g/mol. The van der Waals surface area contributed by atoms with Crippen molar-refractivity contribution in [3.63, 3.8) is 0 Å². The standard InChI is InChI=1S/C22H14Cl2N2O3/c23-20-11-16(10-18(13-25)17-4-2-1-3-5-17)12-21(24)22(20)29-14-15-6-8-19(9-7-15)26(27)28/h1-12H,14H2/b18-10+. The average Bonchev–Trinajstić information content (AvgIpc) is 2.72. The molecule has 0 bridgehead atoms. The van der Waals surface area contributed by atoms with Crippen molar-refractivity contribution in [3.05, 3.63) is 104 Å². The van der Waals surface area contributed by atoms with Gasteiger partial charge in [-0.3, -0.25) is 10.1 Å². The predicted octanol–water partition coefficient (Wildman–Crippen LogP) is 6.54. The van der Waals surface area contributed by atoms with Gasteiger partial charge in [0.05, 0.1) is 26.6 Å². The van der Waals surface area contributed by atoms with E-state index >= 15 is 0 Å². The van der Waals surface area contributed by atoms with E-state index in [2.05, 4.69) is 6.07 Å². The topological polar surface area (TPSA) is 76.2 Å². The lowest BCUT2D eigenvalue weighted by atomic mass is 10.0. The first-order valence-electron chi connectivity index (χ1n) is 8.50. The van der Waals surface area contributed by atoms with Crippen LogP contribution in [0.4, 0.5) is 5.69 Å². The molecule has 0 saturated heterocycles. The van der Waals surface area contributed by atoms with Crippen LogP contribution in [0.15, 0.2) is 66.7 Å². The molecule has 7 heteroatoms. The van der Waals surface area contributed by atoms with Gasteiger partial charge in [0.25, 0.3) is 5.69 Å². The van der Waals surface area contributed by atoms with Crippen LogP contribution in [0, 0.1) is 21.4 Å². The summed E-state index contributed by atoms with van der Waals surface area (Å²) < 4.78 is 5.71. The molecule has 0 unspecified atom stereocenters. The Morgan fingerprint density at radius 3 is 2.24 bits per heavy atom. The molecule has 0 fully saturated rings. The highest BCUT2D eigenvalue weighted by molar-refractivity contribution is 6.37. The zero-order valence-corrected chi connectivity index (χ0v) is 16.5. The molecule has 0 spiro atoms. The number of allylic oxidation sites excluding steroid dienone is 1. The van der Waals surface area contributed by atoms with Crippen LogP contribution >= 0.6 is 23.2 Å². The predicted molar refractivity (Wildman–Crippen MR) is 114 cm³/mol. The van der Waals surface area contributed by atoms with E-state index in [9.17, 15) is 15.4 Å². The van der Waals surface area contributed by atoms with Crippen LogP contribution in [0.5, 0.6) is 5.75 Å². The maximum Gasteiger partial charge on any atom is 0.269 e. The molecule has 3 aromatic rings. The molecule has 29 heavy (non-hydrogen) atoms. The smallest absolute Gasteiger partial charge is 0.269 e. The number of rotatable bonds is 6. The molecule has 0 saturated carbocycles. The summed E-state index contributed by atoms with van der Waals surface area (Å²) >= 11 is 12.7. The number of nitro groups is 1. The minimum Gasteiger partial charge on any atom is -0.486 e. The number of ether oxygens (including phenoxy) is 1. The first-order chi connectivity index (χ1) is 14.0. The van der Waals surface area contributed by atoms with Crippen LogP contribution in [0.3, 0.4) is 0 Å². The van der Waals surface area contributed by atoms with Gasteiger partial charge in [0, 0.05) is 12.1 Å². The molecule has 5 nitrogen and oxygen atoms in total. The van der Waals surface area contributed by atoms with E-state index in [0.29, 0.717) is 26.9 Å².